The minimum atomic E-state index is -3.55. The fourth-order valence-electron chi connectivity index (χ4n) is 1.78. The maximum Gasteiger partial charge on any atom is 0.335 e. The van der Waals surface area contributed by atoms with Crippen LogP contribution in [0.4, 0.5) is 0 Å². The van der Waals surface area contributed by atoms with Gasteiger partial charge in [0, 0.05) is 6.54 Å². The van der Waals surface area contributed by atoms with Crippen LogP contribution in [0.25, 0.3) is 0 Å². The van der Waals surface area contributed by atoms with E-state index in [0.717, 1.165) is 15.1 Å². The Labute approximate surface area is 134 Å². The maximum atomic E-state index is 12.0. The average molecular weight is 390 g/mol. The summed E-state index contributed by atoms with van der Waals surface area (Å²) < 4.78 is 27.5. The molecule has 0 spiro atoms. The van der Waals surface area contributed by atoms with Crippen molar-refractivity contribution in [1.82, 2.24) is 4.72 Å². The van der Waals surface area contributed by atoms with Gasteiger partial charge in [-0.25, -0.2) is 17.9 Å². The quantitative estimate of drug-likeness (QED) is 0.795. The summed E-state index contributed by atoms with van der Waals surface area (Å²) in [5.74, 6) is -1.02. The smallest absolute Gasteiger partial charge is 0.335 e. The van der Waals surface area contributed by atoms with E-state index < -0.39 is 16.0 Å². The Kier molecular flexibility index (Phi) is 5.15. The number of carboxylic acid groups (broad SMARTS) is 1. The number of carbonyl (C=O) groups is 1. The standard InChI is InChI=1S/C13H12BrNO4S2/c14-11-5-6-12(20-11)21(18,19)15-8-7-9-3-1-2-4-10(9)13(16)17/h1-6,15H,7-8H2,(H,16,17). The van der Waals surface area contributed by atoms with Crippen molar-refractivity contribution in [2.45, 2.75) is 10.6 Å². The molecule has 8 heteroatoms. The van der Waals surface area contributed by atoms with Crippen LogP contribution in [0.1, 0.15) is 15.9 Å². The summed E-state index contributed by atoms with van der Waals surface area (Å²) in [5, 5.41) is 9.06. The van der Waals surface area contributed by atoms with E-state index in [0.29, 0.717) is 12.0 Å². The molecule has 112 valence electrons. The number of rotatable bonds is 6. The molecule has 5 nitrogen and oxygen atoms in total. The normalized spacial score (nSPS) is 11.5. The fraction of sp³-hybridized carbons (Fsp3) is 0.154. The molecule has 2 rings (SSSR count). The predicted molar refractivity (Wildman–Crippen MR) is 84.3 cm³/mol. The minimum Gasteiger partial charge on any atom is -0.478 e. The summed E-state index contributed by atoms with van der Waals surface area (Å²) in [6.07, 6.45) is 0.314. The number of halogens is 1. The summed E-state index contributed by atoms with van der Waals surface area (Å²) in [6.45, 7) is 0.141. The first-order valence-corrected chi connectivity index (χ1v) is 9.05. The number of aromatic carboxylic acids is 1. The van der Waals surface area contributed by atoms with Crippen LogP contribution in [-0.2, 0) is 16.4 Å². The molecule has 0 unspecified atom stereocenters. The third kappa shape index (κ3) is 4.13. The van der Waals surface area contributed by atoms with Crippen molar-refractivity contribution in [3.63, 3.8) is 0 Å². The van der Waals surface area contributed by atoms with E-state index in [9.17, 15) is 13.2 Å². The first-order chi connectivity index (χ1) is 9.90. The minimum absolute atomic E-state index is 0.141. The van der Waals surface area contributed by atoms with Crippen molar-refractivity contribution >= 4 is 43.3 Å². The Hall–Kier alpha value is -1.22. The number of sulfonamides is 1. The van der Waals surface area contributed by atoms with Gasteiger partial charge in [0.05, 0.1) is 9.35 Å². The van der Waals surface area contributed by atoms with Crippen molar-refractivity contribution in [3.05, 3.63) is 51.3 Å². The molecule has 0 fully saturated rings. The molecule has 21 heavy (non-hydrogen) atoms. The molecule has 0 bridgehead atoms. The lowest BCUT2D eigenvalue weighted by atomic mass is 10.1. The molecule has 0 atom stereocenters. The summed E-state index contributed by atoms with van der Waals surface area (Å²) in [7, 11) is -3.55. The SMILES string of the molecule is O=C(O)c1ccccc1CCNS(=O)(=O)c1ccc(Br)s1. The first kappa shape index (κ1) is 16.2. The lowest BCUT2D eigenvalue weighted by Gasteiger charge is -2.07. The van der Waals surface area contributed by atoms with Gasteiger partial charge in [0.2, 0.25) is 10.0 Å². The van der Waals surface area contributed by atoms with Gasteiger partial charge in [-0.05, 0) is 46.1 Å². The Morgan fingerprint density at radius 2 is 1.95 bits per heavy atom. The van der Waals surface area contributed by atoms with Crippen molar-refractivity contribution in [2.75, 3.05) is 6.54 Å². The third-order valence-corrected chi connectivity index (χ3v) is 6.32. The molecule has 0 radical (unpaired) electrons. The maximum absolute atomic E-state index is 12.0. The van der Waals surface area contributed by atoms with Crippen LogP contribution >= 0.6 is 27.3 Å². The molecule has 1 aromatic heterocycles. The van der Waals surface area contributed by atoms with Crippen LogP contribution in [0.5, 0.6) is 0 Å². The predicted octanol–water partition coefficient (Wildman–Crippen LogP) is 2.73. The highest BCUT2D eigenvalue weighted by atomic mass is 79.9. The summed E-state index contributed by atoms with van der Waals surface area (Å²) in [6, 6.07) is 9.73. The zero-order valence-electron chi connectivity index (χ0n) is 10.7. The Bertz CT molecular complexity index is 755. The van der Waals surface area contributed by atoms with Gasteiger partial charge in [-0.2, -0.15) is 0 Å². The van der Waals surface area contributed by atoms with E-state index in [4.69, 9.17) is 5.11 Å². The molecule has 0 saturated carbocycles. The number of thiophene rings is 1. The zero-order chi connectivity index (χ0) is 15.5. The number of carboxylic acids is 1. The van der Waals surface area contributed by atoms with Gasteiger partial charge in [0.1, 0.15) is 4.21 Å². The highest BCUT2D eigenvalue weighted by molar-refractivity contribution is 9.11. The molecular formula is C13H12BrNO4S2. The second kappa shape index (κ2) is 6.69. The Balaban J connectivity index is 2.03. The molecule has 1 aromatic carbocycles. The summed E-state index contributed by atoms with van der Waals surface area (Å²) >= 11 is 4.34. The van der Waals surface area contributed by atoms with E-state index >= 15 is 0 Å². The molecule has 1 heterocycles. The monoisotopic (exact) mass is 389 g/mol. The van der Waals surface area contributed by atoms with Crippen LogP contribution in [-0.4, -0.2) is 26.0 Å². The van der Waals surface area contributed by atoms with E-state index in [1.165, 1.54) is 12.1 Å². The van der Waals surface area contributed by atoms with Crippen molar-refractivity contribution in [1.29, 1.82) is 0 Å². The van der Waals surface area contributed by atoms with Crippen LogP contribution in [0.3, 0.4) is 0 Å². The number of nitrogens with one attached hydrogen (secondary N) is 1. The lowest BCUT2D eigenvalue weighted by molar-refractivity contribution is 0.0695. The van der Waals surface area contributed by atoms with Crippen molar-refractivity contribution in [3.8, 4) is 0 Å². The van der Waals surface area contributed by atoms with Gasteiger partial charge in [-0.15, -0.1) is 11.3 Å². The first-order valence-electron chi connectivity index (χ1n) is 5.96. The molecule has 0 amide bonds. The Morgan fingerprint density at radius 1 is 1.24 bits per heavy atom. The largest absolute Gasteiger partial charge is 0.478 e. The molecular weight excluding hydrogens is 378 g/mol. The van der Waals surface area contributed by atoms with Gasteiger partial charge < -0.3 is 5.11 Å². The van der Waals surface area contributed by atoms with Gasteiger partial charge in [-0.1, -0.05) is 18.2 Å². The second-order valence-electron chi connectivity index (χ2n) is 4.17. The molecule has 2 N–H and O–H groups in total. The molecule has 0 aliphatic carbocycles. The molecule has 0 aliphatic heterocycles. The summed E-state index contributed by atoms with van der Waals surface area (Å²) in [4.78, 5) is 11.1. The molecule has 0 aliphatic rings. The average Bonchev–Trinajstić information content (AvgIpc) is 2.86. The van der Waals surface area contributed by atoms with Gasteiger partial charge >= 0.3 is 5.97 Å². The number of benzene rings is 1. The molecule has 2 aromatic rings. The van der Waals surface area contributed by atoms with Crippen molar-refractivity contribution < 1.29 is 18.3 Å². The van der Waals surface area contributed by atoms with E-state index in [2.05, 4.69) is 20.7 Å². The highest BCUT2D eigenvalue weighted by Crippen LogP contribution is 2.25. The van der Waals surface area contributed by atoms with E-state index in [1.54, 1.807) is 24.3 Å². The lowest BCUT2D eigenvalue weighted by Crippen LogP contribution is -2.25. The van der Waals surface area contributed by atoms with E-state index in [1.807, 2.05) is 0 Å². The topological polar surface area (TPSA) is 83.5 Å². The zero-order valence-corrected chi connectivity index (χ0v) is 14.0. The Morgan fingerprint density at radius 3 is 2.57 bits per heavy atom. The highest BCUT2D eigenvalue weighted by Gasteiger charge is 2.16. The van der Waals surface area contributed by atoms with E-state index in [-0.39, 0.29) is 16.3 Å². The van der Waals surface area contributed by atoms with Gasteiger partial charge in [0.25, 0.3) is 0 Å². The molecule has 0 saturated heterocycles. The number of hydrogen-bond donors (Lipinski definition) is 2. The number of hydrogen-bond acceptors (Lipinski definition) is 4. The van der Waals surface area contributed by atoms with Crippen molar-refractivity contribution in [2.24, 2.45) is 0 Å². The van der Waals surface area contributed by atoms with Crippen LogP contribution in [0, 0.1) is 0 Å². The van der Waals surface area contributed by atoms with Crippen LogP contribution in [0.15, 0.2) is 44.4 Å². The van der Waals surface area contributed by atoms with Gasteiger partial charge in [-0.3, -0.25) is 0 Å². The summed E-state index contributed by atoms with van der Waals surface area (Å²) in [5.41, 5.74) is 0.788. The second-order valence-corrected chi connectivity index (χ2v) is 8.63. The fourth-order valence-corrected chi connectivity index (χ4v) is 4.87. The van der Waals surface area contributed by atoms with Gasteiger partial charge in [0.15, 0.2) is 0 Å². The van der Waals surface area contributed by atoms with Crippen LogP contribution < -0.4 is 4.72 Å². The third-order valence-electron chi connectivity index (χ3n) is 2.75. The van der Waals surface area contributed by atoms with Crippen LogP contribution in [0.2, 0.25) is 0 Å².